The predicted molar refractivity (Wildman–Crippen MR) is 111 cm³/mol. The second-order valence-electron chi connectivity index (χ2n) is 7.69. The van der Waals surface area contributed by atoms with Crippen molar-refractivity contribution in [1.82, 2.24) is 15.4 Å². The third kappa shape index (κ3) is 8.79. The Morgan fingerprint density at radius 3 is 2.52 bits per heavy atom. The molecule has 8 heteroatoms. The summed E-state index contributed by atoms with van der Waals surface area (Å²) in [5.74, 6) is 1.58. The number of aliphatic imine (C=N–C) groups is 1. The van der Waals surface area contributed by atoms with E-state index in [1.807, 2.05) is 6.92 Å². The molecule has 27 heavy (non-hydrogen) atoms. The van der Waals surface area contributed by atoms with Gasteiger partial charge in [0.25, 0.3) is 0 Å². The number of guanidine groups is 1. The highest BCUT2D eigenvalue weighted by atomic mass is 32.2. The van der Waals surface area contributed by atoms with Crippen LogP contribution >= 0.6 is 0 Å². The normalized spacial score (nSPS) is 27.3. The van der Waals surface area contributed by atoms with E-state index in [-0.39, 0.29) is 18.4 Å². The van der Waals surface area contributed by atoms with Gasteiger partial charge >= 0.3 is 0 Å². The Morgan fingerprint density at radius 2 is 1.89 bits per heavy atom. The summed E-state index contributed by atoms with van der Waals surface area (Å²) in [6.07, 6.45) is 9.20. The number of hydrogen-bond donors (Lipinski definition) is 3. The Labute approximate surface area is 165 Å². The van der Waals surface area contributed by atoms with E-state index < -0.39 is 10.0 Å². The van der Waals surface area contributed by atoms with Crippen molar-refractivity contribution in [1.29, 1.82) is 0 Å². The number of rotatable bonds is 9. The maximum Gasteiger partial charge on any atom is 0.213 e. The van der Waals surface area contributed by atoms with Crippen molar-refractivity contribution >= 4 is 16.0 Å². The molecule has 1 aliphatic carbocycles. The highest BCUT2D eigenvalue weighted by Crippen LogP contribution is 2.26. The van der Waals surface area contributed by atoms with Gasteiger partial charge in [-0.25, -0.2) is 13.1 Å². The van der Waals surface area contributed by atoms with Crippen molar-refractivity contribution in [2.24, 2.45) is 10.9 Å². The van der Waals surface area contributed by atoms with Crippen LogP contribution in [0.15, 0.2) is 4.99 Å². The first-order valence-electron chi connectivity index (χ1n) is 10.7. The van der Waals surface area contributed by atoms with E-state index in [1.165, 1.54) is 19.3 Å². The summed E-state index contributed by atoms with van der Waals surface area (Å²) in [5.41, 5.74) is 0. The summed E-state index contributed by atoms with van der Waals surface area (Å²) < 4.78 is 32.6. The van der Waals surface area contributed by atoms with Crippen molar-refractivity contribution in [2.45, 2.75) is 77.4 Å². The standard InChI is InChI=1S/C19H38N4O3S/c1-3-16-8-10-17(11-9-16)23-19(20-4-2)21-12-14-27(24,25)22-15-18-7-5-6-13-26-18/h16-18,22H,3-15H2,1-2H3,(H2,20,21,23). The number of nitrogens with one attached hydrogen (secondary N) is 3. The fraction of sp³-hybridized carbons (Fsp3) is 0.947. The summed E-state index contributed by atoms with van der Waals surface area (Å²) in [6, 6.07) is 0.434. The number of nitrogens with zero attached hydrogens (tertiary/aromatic N) is 1. The maximum atomic E-state index is 12.2. The number of hydrogen-bond acceptors (Lipinski definition) is 4. The summed E-state index contributed by atoms with van der Waals surface area (Å²) in [7, 11) is -3.33. The predicted octanol–water partition coefficient (Wildman–Crippen LogP) is 2.00. The molecule has 158 valence electrons. The van der Waals surface area contributed by atoms with E-state index in [9.17, 15) is 8.42 Å². The Kier molecular flexibility index (Phi) is 9.86. The van der Waals surface area contributed by atoms with Gasteiger partial charge in [-0.2, -0.15) is 0 Å². The van der Waals surface area contributed by atoms with E-state index >= 15 is 0 Å². The van der Waals surface area contributed by atoms with Crippen LogP contribution in [0.25, 0.3) is 0 Å². The molecule has 2 fully saturated rings. The molecule has 1 atom stereocenters. The molecule has 3 N–H and O–H groups in total. The van der Waals surface area contributed by atoms with Crippen LogP contribution in [-0.2, 0) is 14.8 Å². The highest BCUT2D eigenvalue weighted by Gasteiger charge is 2.21. The van der Waals surface area contributed by atoms with Crippen LogP contribution in [0.1, 0.15) is 65.2 Å². The molecule has 1 saturated carbocycles. The van der Waals surface area contributed by atoms with Crippen LogP contribution < -0.4 is 15.4 Å². The molecule has 0 radical (unpaired) electrons. The zero-order valence-electron chi connectivity index (χ0n) is 17.0. The molecule has 0 spiro atoms. The number of sulfonamides is 1. The minimum Gasteiger partial charge on any atom is -0.377 e. The fourth-order valence-corrected chi connectivity index (χ4v) is 4.68. The second kappa shape index (κ2) is 11.9. The lowest BCUT2D eigenvalue weighted by molar-refractivity contribution is 0.0200. The quantitative estimate of drug-likeness (QED) is 0.405. The molecule has 1 unspecified atom stereocenters. The lowest BCUT2D eigenvalue weighted by Crippen LogP contribution is -2.45. The minimum atomic E-state index is -3.33. The van der Waals surface area contributed by atoms with Crippen molar-refractivity contribution in [3.8, 4) is 0 Å². The Hall–Kier alpha value is -0.860. The van der Waals surface area contributed by atoms with Gasteiger partial charge in [0.2, 0.25) is 10.0 Å². The molecule has 0 aromatic rings. The van der Waals surface area contributed by atoms with Gasteiger partial charge < -0.3 is 15.4 Å². The van der Waals surface area contributed by atoms with Crippen molar-refractivity contribution in [3.63, 3.8) is 0 Å². The smallest absolute Gasteiger partial charge is 0.213 e. The topological polar surface area (TPSA) is 91.8 Å². The van der Waals surface area contributed by atoms with Crippen molar-refractivity contribution in [2.75, 3.05) is 32.0 Å². The molecule has 0 bridgehead atoms. The SMILES string of the molecule is CCNC(=NCCS(=O)(=O)NCC1CCCCO1)NC1CCC(CC)CC1. The van der Waals surface area contributed by atoms with Crippen LogP contribution in [0.4, 0.5) is 0 Å². The van der Waals surface area contributed by atoms with Gasteiger partial charge in [-0.05, 0) is 57.8 Å². The first-order valence-corrected chi connectivity index (χ1v) is 12.3. The van der Waals surface area contributed by atoms with Crippen molar-refractivity contribution < 1.29 is 13.2 Å². The van der Waals surface area contributed by atoms with Crippen LogP contribution in [-0.4, -0.2) is 58.5 Å². The van der Waals surface area contributed by atoms with Gasteiger partial charge in [0.1, 0.15) is 0 Å². The van der Waals surface area contributed by atoms with Crippen LogP contribution in [0, 0.1) is 5.92 Å². The van der Waals surface area contributed by atoms with Crippen molar-refractivity contribution in [3.05, 3.63) is 0 Å². The van der Waals surface area contributed by atoms with Gasteiger partial charge in [0.05, 0.1) is 18.4 Å². The van der Waals surface area contributed by atoms with E-state index in [0.717, 1.165) is 57.1 Å². The van der Waals surface area contributed by atoms with E-state index in [0.29, 0.717) is 12.6 Å². The highest BCUT2D eigenvalue weighted by molar-refractivity contribution is 7.89. The summed E-state index contributed by atoms with van der Waals surface area (Å²) in [4.78, 5) is 4.47. The lowest BCUT2D eigenvalue weighted by Gasteiger charge is -2.29. The molecule has 0 aromatic carbocycles. The summed E-state index contributed by atoms with van der Waals surface area (Å²) in [5, 5.41) is 6.70. The van der Waals surface area contributed by atoms with Gasteiger partial charge in [0.15, 0.2) is 5.96 Å². The molecule has 1 aliphatic heterocycles. The molecule has 0 amide bonds. The second-order valence-corrected chi connectivity index (χ2v) is 9.61. The third-order valence-corrected chi connectivity index (χ3v) is 6.87. The summed E-state index contributed by atoms with van der Waals surface area (Å²) in [6.45, 7) is 6.40. The van der Waals surface area contributed by atoms with Gasteiger partial charge in [0, 0.05) is 25.7 Å². The fourth-order valence-electron chi connectivity index (χ4n) is 3.77. The molecule has 0 aromatic heterocycles. The van der Waals surface area contributed by atoms with Crippen LogP contribution in [0.5, 0.6) is 0 Å². The van der Waals surface area contributed by atoms with Gasteiger partial charge in [-0.3, -0.25) is 4.99 Å². The Morgan fingerprint density at radius 1 is 1.11 bits per heavy atom. The third-order valence-electron chi connectivity index (χ3n) is 5.54. The molecule has 7 nitrogen and oxygen atoms in total. The molecule has 1 saturated heterocycles. The van der Waals surface area contributed by atoms with Gasteiger partial charge in [-0.1, -0.05) is 13.3 Å². The van der Waals surface area contributed by atoms with E-state index in [4.69, 9.17) is 4.74 Å². The average Bonchev–Trinajstić information content (AvgIpc) is 2.68. The maximum absolute atomic E-state index is 12.2. The molecular formula is C19H38N4O3S. The van der Waals surface area contributed by atoms with Crippen LogP contribution in [0.2, 0.25) is 0 Å². The minimum absolute atomic E-state index is 0.00112. The Bertz CT molecular complexity index is 539. The molecule has 2 aliphatic rings. The van der Waals surface area contributed by atoms with E-state index in [1.54, 1.807) is 0 Å². The summed E-state index contributed by atoms with van der Waals surface area (Å²) >= 11 is 0. The first kappa shape index (κ1) is 22.4. The Balaban J connectivity index is 1.74. The lowest BCUT2D eigenvalue weighted by atomic mass is 9.84. The first-order chi connectivity index (χ1) is 13.0. The van der Waals surface area contributed by atoms with Gasteiger partial charge in [-0.15, -0.1) is 0 Å². The molecule has 1 heterocycles. The molecule has 2 rings (SSSR count). The average molecular weight is 403 g/mol. The molecular weight excluding hydrogens is 364 g/mol. The monoisotopic (exact) mass is 402 g/mol. The zero-order chi connectivity index (χ0) is 19.5. The zero-order valence-corrected chi connectivity index (χ0v) is 17.8. The van der Waals surface area contributed by atoms with E-state index in [2.05, 4.69) is 27.3 Å². The number of ether oxygens (including phenoxy) is 1. The van der Waals surface area contributed by atoms with Crippen LogP contribution in [0.3, 0.4) is 0 Å². The largest absolute Gasteiger partial charge is 0.377 e.